The number of likely N-dealkylation sites (tertiary alicyclic amines) is 1. The van der Waals surface area contributed by atoms with E-state index in [1.807, 2.05) is 30.6 Å². The highest BCUT2D eigenvalue weighted by Gasteiger charge is 2.28. The number of nitrogens with zero attached hydrogens (tertiary/aromatic N) is 3. The third kappa shape index (κ3) is 6.55. The number of rotatable bonds is 5. The Morgan fingerprint density at radius 1 is 1.10 bits per heavy atom. The number of nitro groups is 1. The maximum Gasteiger partial charge on any atom is 0.410 e. The van der Waals surface area contributed by atoms with Crippen molar-refractivity contribution >= 4 is 17.5 Å². The number of hydrogen-bond acceptors (Lipinski definition) is 5. The zero-order valence-corrected chi connectivity index (χ0v) is 18.8. The van der Waals surface area contributed by atoms with Gasteiger partial charge in [0.1, 0.15) is 5.60 Å². The van der Waals surface area contributed by atoms with Crippen LogP contribution in [0, 0.1) is 27.8 Å². The van der Waals surface area contributed by atoms with Crippen LogP contribution in [0.1, 0.15) is 59.3 Å². The molecule has 3 rings (SSSR count). The summed E-state index contributed by atoms with van der Waals surface area (Å²) >= 11 is 0. The summed E-state index contributed by atoms with van der Waals surface area (Å²) in [6.07, 6.45) is 6.17. The normalized spacial score (nSPS) is 18.8. The van der Waals surface area contributed by atoms with Gasteiger partial charge in [0.25, 0.3) is 5.69 Å². The van der Waals surface area contributed by atoms with Crippen LogP contribution in [0.25, 0.3) is 0 Å². The molecule has 2 aliphatic heterocycles. The van der Waals surface area contributed by atoms with Crippen molar-refractivity contribution in [2.24, 2.45) is 11.8 Å². The van der Waals surface area contributed by atoms with Gasteiger partial charge in [0, 0.05) is 32.2 Å². The number of nitro benzene ring substituents is 1. The number of non-ortho nitro benzene ring substituents is 1. The van der Waals surface area contributed by atoms with Crippen molar-refractivity contribution in [1.29, 1.82) is 0 Å². The average Bonchev–Trinajstić information content (AvgIpc) is 2.72. The number of piperidine rings is 2. The number of anilines is 1. The van der Waals surface area contributed by atoms with Gasteiger partial charge in [-0.05, 0) is 64.4 Å². The van der Waals surface area contributed by atoms with E-state index in [2.05, 4.69) is 0 Å². The van der Waals surface area contributed by atoms with Crippen molar-refractivity contribution in [2.45, 2.75) is 64.9 Å². The number of halogens is 1. The fourth-order valence-corrected chi connectivity index (χ4v) is 4.53. The van der Waals surface area contributed by atoms with Gasteiger partial charge in [-0.1, -0.05) is 12.8 Å². The summed E-state index contributed by atoms with van der Waals surface area (Å²) in [5, 5.41) is 10.8. The monoisotopic (exact) mass is 435 g/mol. The fourth-order valence-electron chi connectivity index (χ4n) is 4.53. The fraction of sp³-hybridized carbons (Fsp3) is 0.696. The molecule has 0 radical (unpaired) electrons. The van der Waals surface area contributed by atoms with Crippen LogP contribution < -0.4 is 4.90 Å². The number of amides is 1. The van der Waals surface area contributed by atoms with Crippen LogP contribution in [0.3, 0.4) is 0 Å². The molecule has 0 spiro atoms. The molecule has 172 valence electrons. The van der Waals surface area contributed by atoms with E-state index in [9.17, 15) is 19.3 Å². The molecule has 0 saturated carbocycles. The summed E-state index contributed by atoms with van der Waals surface area (Å²) in [7, 11) is 0. The maximum atomic E-state index is 14.3. The molecule has 0 aliphatic carbocycles. The Hall–Kier alpha value is -2.38. The summed E-state index contributed by atoms with van der Waals surface area (Å²) in [6, 6.07) is 3.89. The zero-order valence-electron chi connectivity index (χ0n) is 18.8. The van der Waals surface area contributed by atoms with E-state index in [-0.39, 0.29) is 11.8 Å². The molecule has 2 fully saturated rings. The quantitative estimate of drug-likeness (QED) is 0.459. The first kappa shape index (κ1) is 23.3. The van der Waals surface area contributed by atoms with Gasteiger partial charge in [-0.15, -0.1) is 0 Å². The van der Waals surface area contributed by atoms with Crippen LogP contribution in [0.15, 0.2) is 18.2 Å². The molecule has 7 nitrogen and oxygen atoms in total. The van der Waals surface area contributed by atoms with Crippen LogP contribution in [0.2, 0.25) is 0 Å². The second kappa shape index (κ2) is 9.83. The van der Waals surface area contributed by atoms with Crippen molar-refractivity contribution in [3.05, 3.63) is 34.1 Å². The Morgan fingerprint density at radius 3 is 2.13 bits per heavy atom. The first-order valence-corrected chi connectivity index (χ1v) is 11.3. The van der Waals surface area contributed by atoms with Gasteiger partial charge < -0.3 is 14.5 Å². The minimum atomic E-state index is -0.572. The van der Waals surface area contributed by atoms with Gasteiger partial charge >= 0.3 is 6.09 Å². The van der Waals surface area contributed by atoms with E-state index in [0.717, 1.165) is 64.3 Å². The average molecular weight is 436 g/mol. The molecule has 0 aromatic heterocycles. The molecule has 2 saturated heterocycles. The molecule has 1 aromatic carbocycles. The van der Waals surface area contributed by atoms with Gasteiger partial charge in [0.2, 0.25) is 0 Å². The van der Waals surface area contributed by atoms with Crippen LogP contribution in [0.5, 0.6) is 0 Å². The minimum Gasteiger partial charge on any atom is -0.444 e. The van der Waals surface area contributed by atoms with Crippen LogP contribution >= 0.6 is 0 Å². The molecule has 1 aromatic rings. The Kier molecular flexibility index (Phi) is 7.38. The van der Waals surface area contributed by atoms with Crippen molar-refractivity contribution < 1.29 is 18.8 Å². The molecule has 2 heterocycles. The van der Waals surface area contributed by atoms with Gasteiger partial charge in [-0.3, -0.25) is 10.1 Å². The lowest BCUT2D eigenvalue weighted by molar-refractivity contribution is -0.385. The standard InChI is InChI=1S/C23H34FN3O4/c1-23(2,3)31-22(28)26-14-10-18(11-15-26)5-4-17-8-12-25(13-9-17)21-7-6-19(27(29)30)16-20(21)24/h6-7,16-18H,4-5,8-15H2,1-3H3. The lowest BCUT2D eigenvalue weighted by Gasteiger charge is -2.36. The lowest BCUT2D eigenvalue weighted by atomic mass is 9.85. The Labute approximate surface area is 183 Å². The molecule has 31 heavy (non-hydrogen) atoms. The first-order valence-electron chi connectivity index (χ1n) is 11.3. The summed E-state index contributed by atoms with van der Waals surface area (Å²) in [5.41, 5.74) is -0.215. The number of ether oxygens (including phenoxy) is 1. The van der Waals surface area contributed by atoms with Crippen molar-refractivity contribution in [2.75, 3.05) is 31.1 Å². The van der Waals surface area contributed by atoms with Crippen molar-refractivity contribution in [1.82, 2.24) is 4.90 Å². The molecular weight excluding hydrogens is 401 g/mol. The number of carbonyl (C=O) groups is 1. The molecule has 0 unspecified atom stereocenters. The largest absolute Gasteiger partial charge is 0.444 e. The van der Waals surface area contributed by atoms with Crippen LogP contribution in [0.4, 0.5) is 20.6 Å². The molecule has 8 heteroatoms. The van der Waals surface area contributed by atoms with E-state index < -0.39 is 16.3 Å². The number of carbonyl (C=O) groups excluding carboxylic acids is 1. The molecule has 0 N–H and O–H groups in total. The lowest BCUT2D eigenvalue weighted by Crippen LogP contribution is -2.41. The van der Waals surface area contributed by atoms with Crippen molar-refractivity contribution in [3.8, 4) is 0 Å². The SMILES string of the molecule is CC(C)(C)OC(=O)N1CCC(CCC2CCN(c3ccc([N+](=O)[O-])cc3F)CC2)CC1. The van der Waals surface area contributed by atoms with Crippen LogP contribution in [-0.2, 0) is 4.74 Å². The molecule has 2 aliphatic rings. The topological polar surface area (TPSA) is 75.9 Å². The van der Waals surface area contributed by atoms with E-state index in [4.69, 9.17) is 4.74 Å². The third-order valence-electron chi connectivity index (χ3n) is 6.35. The second-order valence-electron chi connectivity index (χ2n) is 9.81. The van der Waals surface area contributed by atoms with Crippen LogP contribution in [-0.4, -0.2) is 47.7 Å². The van der Waals surface area contributed by atoms with E-state index in [1.54, 1.807) is 0 Å². The number of benzene rings is 1. The van der Waals surface area contributed by atoms with E-state index in [1.165, 1.54) is 18.6 Å². The molecular formula is C23H34FN3O4. The Bertz CT molecular complexity index is 780. The summed E-state index contributed by atoms with van der Waals surface area (Å²) in [6.45, 7) is 8.73. The third-order valence-corrected chi connectivity index (χ3v) is 6.35. The second-order valence-corrected chi connectivity index (χ2v) is 9.81. The smallest absolute Gasteiger partial charge is 0.410 e. The summed E-state index contributed by atoms with van der Waals surface area (Å²) in [4.78, 5) is 26.2. The minimum absolute atomic E-state index is 0.211. The maximum absolute atomic E-state index is 14.3. The molecule has 0 bridgehead atoms. The Balaban J connectivity index is 1.39. The predicted octanol–water partition coefficient (Wildman–Crippen LogP) is 5.38. The van der Waals surface area contributed by atoms with E-state index >= 15 is 0 Å². The molecule has 1 amide bonds. The number of hydrogen-bond donors (Lipinski definition) is 0. The summed E-state index contributed by atoms with van der Waals surface area (Å²) in [5.74, 6) is 0.745. The highest BCUT2D eigenvalue weighted by atomic mass is 19.1. The van der Waals surface area contributed by atoms with Gasteiger partial charge in [-0.2, -0.15) is 0 Å². The highest BCUT2D eigenvalue weighted by molar-refractivity contribution is 5.68. The first-order chi connectivity index (χ1) is 14.6. The summed E-state index contributed by atoms with van der Waals surface area (Å²) < 4.78 is 19.7. The zero-order chi connectivity index (χ0) is 22.6. The predicted molar refractivity (Wildman–Crippen MR) is 118 cm³/mol. The highest BCUT2D eigenvalue weighted by Crippen LogP contribution is 2.32. The van der Waals surface area contributed by atoms with Gasteiger partial charge in [-0.25, -0.2) is 9.18 Å². The molecule has 0 atom stereocenters. The van der Waals surface area contributed by atoms with Gasteiger partial charge in [0.15, 0.2) is 5.82 Å². The van der Waals surface area contributed by atoms with E-state index in [0.29, 0.717) is 17.5 Å². The van der Waals surface area contributed by atoms with Crippen molar-refractivity contribution in [3.63, 3.8) is 0 Å². The van der Waals surface area contributed by atoms with Gasteiger partial charge in [0.05, 0.1) is 16.7 Å². The Morgan fingerprint density at radius 2 is 1.65 bits per heavy atom.